The number of nitrogens with zero attached hydrogens (tertiary/aromatic N) is 2. The third kappa shape index (κ3) is 4.18. The number of ether oxygens (including phenoxy) is 1. The Kier molecular flexibility index (Phi) is 4.63. The van der Waals surface area contributed by atoms with Crippen LogP contribution in [0.2, 0.25) is 0 Å². The molecule has 100 valence electrons. The van der Waals surface area contributed by atoms with Crippen molar-refractivity contribution in [3.05, 3.63) is 48.3 Å². The lowest BCUT2D eigenvalue weighted by molar-refractivity contribution is -0.144. The lowest BCUT2D eigenvalue weighted by Gasteiger charge is -2.10. The molecule has 2 rings (SSSR count). The fraction of sp³-hybridized carbons (Fsp3) is 0.308. The molecule has 0 amide bonds. The molecule has 2 aromatic rings. The minimum atomic E-state index is -0.316. The van der Waals surface area contributed by atoms with Gasteiger partial charge in [0.15, 0.2) is 0 Å². The molecule has 6 heteroatoms. The Morgan fingerprint density at radius 2 is 2.32 bits per heavy atom. The summed E-state index contributed by atoms with van der Waals surface area (Å²) in [6.45, 7) is 2.25. The van der Waals surface area contributed by atoms with E-state index in [4.69, 9.17) is 4.74 Å². The summed E-state index contributed by atoms with van der Waals surface area (Å²) in [4.78, 5) is 22.7. The van der Waals surface area contributed by atoms with Crippen LogP contribution in [0.5, 0.6) is 0 Å². The maximum Gasteiger partial charge on any atom is 0.320 e. The van der Waals surface area contributed by atoms with Crippen molar-refractivity contribution >= 4 is 5.97 Å². The zero-order chi connectivity index (χ0) is 13.5. The van der Waals surface area contributed by atoms with Gasteiger partial charge in [-0.05, 0) is 19.1 Å². The van der Waals surface area contributed by atoms with E-state index in [0.29, 0.717) is 0 Å². The van der Waals surface area contributed by atoms with Gasteiger partial charge >= 0.3 is 5.97 Å². The first-order valence-corrected chi connectivity index (χ1v) is 6.04. The highest BCUT2D eigenvalue weighted by Gasteiger charge is 2.10. The third-order valence-corrected chi connectivity index (χ3v) is 2.59. The van der Waals surface area contributed by atoms with Gasteiger partial charge in [0.1, 0.15) is 12.4 Å². The minimum Gasteiger partial charge on any atom is -0.458 e. The van der Waals surface area contributed by atoms with E-state index >= 15 is 0 Å². The average Bonchev–Trinajstić information content (AvgIpc) is 2.98. The van der Waals surface area contributed by atoms with E-state index in [1.807, 2.05) is 25.1 Å². The van der Waals surface area contributed by atoms with Gasteiger partial charge in [0.2, 0.25) is 0 Å². The van der Waals surface area contributed by atoms with Gasteiger partial charge in [-0.2, -0.15) is 0 Å². The fourth-order valence-electron chi connectivity index (χ4n) is 1.54. The highest BCUT2D eigenvalue weighted by molar-refractivity contribution is 5.71. The second-order valence-corrected chi connectivity index (χ2v) is 4.06. The predicted octanol–water partition coefficient (Wildman–Crippen LogP) is 1.20. The molecule has 0 radical (unpaired) electrons. The third-order valence-electron chi connectivity index (χ3n) is 2.59. The SMILES string of the molecule is CC(NCC(=O)OCc1ccccn1)c1ncc[nH]1. The van der Waals surface area contributed by atoms with Crippen LogP contribution in [0.25, 0.3) is 0 Å². The number of esters is 1. The molecular weight excluding hydrogens is 244 g/mol. The van der Waals surface area contributed by atoms with Gasteiger partial charge in [0, 0.05) is 18.6 Å². The zero-order valence-corrected chi connectivity index (χ0v) is 10.7. The molecule has 0 aliphatic carbocycles. The zero-order valence-electron chi connectivity index (χ0n) is 10.7. The van der Waals surface area contributed by atoms with Crippen LogP contribution in [0.15, 0.2) is 36.8 Å². The van der Waals surface area contributed by atoms with Crippen LogP contribution in [0, 0.1) is 0 Å². The molecule has 2 N–H and O–H groups in total. The number of carbonyl (C=O) groups is 1. The molecule has 19 heavy (non-hydrogen) atoms. The van der Waals surface area contributed by atoms with Gasteiger partial charge in [-0.3, -0.25) is 15.1 Å². The van der Waals surface area contributed by atoms with Crippen molar-refractivity contribution in [1.29, 1.82) is 0 Å². The number of aromatic nitrogens is 3. The number of rotatable bonds is 6. The van der Waals surface area contributed by atoms with Gasteiger partial charge in [0.05, 0.1) is 18.3 Å². The Bertz CT molecular complexity index is 499. The summed E-state index contributed by atoms with van der Waals surface area (Å²) in [6.07, 6.45) is 5.08. The topological polar surface area (TPSA) is 79.9 Å². The predicted molar refractivity (Wildman–Crippen MR) is 69.0 cm³/mol. The van der Waals surface area contributed by atoms with Gasteiger partial charge in [-0.15, -0.1) is 0 Å². The van der Waals surface area contributed by atoms with Crippen LogP contribution in [0.3, 0.4) is 0 Å². The van der Waals surface area contributed by atoms with Crippen molar-refractivity contribution in [3.63, 3.8) is 0 Å². The second-order valence-electron chi connectivity index (χ2n) is 4.06. The van der Waals surface area contributed by atoms with Crippen LogP contribution in [0.1, 0.15) is 24.5 Å². The molecule has 0 bridgehead atoms. The van der Waals surface area contributed by atoms with Crippen molar-refractivity contribution in [2.75, 3.05) is 6.54 Å². The molecular formula is C13H16N4O2. The molecule has 1 unspecified atom stereocenters. The summed E-state index contributed by atoms with van der Waals surface area (Å²) < 4.78 is 5.10. The van der Waals surface area contributed by atoms with Crippen LogP contribution in [0.4, 0.5) is 0 Å². The normalized spacial score (nSPS) is 12.1. The van der Waals surface area contributed by atoms with Crippen molar-refractivity contribution in [2.45, 2.75) is 19.6 Å². The summed E-state index contributed by atoms with van der Waals surface area (Å²) in [7, 11) is 0. The van der Waals surface area contributed by atoms with Gasteiger partial charge in [0.25, 0.3) is 0 Å². The molecule has 2 aromatic heterocycles. The van der Waals surface area contributed by atoms with Gasteiger partial charge < -0.3 is 9.72 Å². The molecule has 0 saturated heterocycles. The first kappa shape index (κ1) is 13.2. The molecule has 0 fully saturated rings. The van der Waals surface area contributed by atoms with Crippen LogP contribution >= 0.6 is 0 Å². The van der Waals surface area contributed by atoms with Crippen LogP contribution in [-0.4, -0.2) is 27.5 Å². The van der Waals surface area contributed by atoms with Crippen LogP contribution < -0.4 is 5.32 Å². The Morgan fingerprint density at radius 3 is 3.00 bits per heavy atom. The van der Waals surface area contributed by atoms with E-state index < -0.39 is 0 Å². The van der Waals surface area contributed by atoms with E-state index in [-0.39, 0.29) is 25.2 Å². The number of hydrogen-bond acceptors (Lipinski definition) is 5. The minimum absolute atomic E-state index is 0.0302. The van der Waals surface area contributed by atoms with Crippen LogP contribution in [-0.2, 0) is 16.1 Å². The monoisotopic (exact) mass is 260 g/mol. The van der Waals surface area contributed by atoms with E-state index in [1.165, 1.54) is 0 Å². The maximum absolute atomic E-state index is 11.5. The number of imidazole rings is 1. The van der Waals surface area contributed by atoms with Crippen molar-refractivity contribution in [3.8, 4) is 0 Å². The van der Waals surface area contributed by atoms with Crippen molar-refractivity contribution in [1.82, 2.24) is 20.3 Å². The Morgan fingerprint density at radius 1 is 1.42 bits per heavy atom. The number of aromatic amines is 1. The smallest absolute Gasteiger partial charge is 0.320 e. The van der Waals surface area contributed by atoms with E-state index in [9.17, 15) is 4.79 Å². The Balaban J connectivity index is 1.70. The molecule has 0 aliphatic heterocycles. The summed E-state index contributed by atoms with van der Waals surface area (Å²) >= 11 is 0. The number of hydrogen-bond donors (Lipinski definition) is 2. The first-order chi connectivity index (χ1) is 9.25. The number of nitrogens with one attached hydrogen (secondary N) is 2. The van der Waals surface area contributed by atoms with E-state index in [0.717, 1.165) is 11.5 Å². The summed E-state index contributed by atoms with van der Waals surface area (Å²) in [6, 6.07) is 5.45. The molecule has 0 spiro atoms. The number of pyridine rings is 1. The molecule has 0 aromatic carbocycles. The highest BCUT2D eigenvalue weighted by atomic mass is 16.5. The van der Waals surface area contributed by atoms with Gasteiger partial charge in [-0.25, -0.2) is 4.98 Å². The summed E-state index contributed by atoms with van der Waals surface area (Å²) in [5.74, 6) is 0.474. The van der Waals surface area contributed by atoms with E-state index in [2.05, 4.69) is 20.3 Å². The van der Waals surface area contributed by atoms with Gasteiger partial charge in [-0.1, -0.05) is 6.07 Å². The summed E-state index contributed by atoms with van der Waals surface area (Å²) in [5.41, 5.74) is 0.731. The fourth-order valence-corrected chi connectivity index (χ4v) is 1.54. The maximum atomic E-state index is 11.5. The molecule has 1 atom stereocenters. The number of H-pyrrole nitrogens is 1. The largest absolute Gasteiger partial charge is 0.458 e. The van der Waals surface area contributed by atoms with Crippen molar-refractivity contribution in [2.24, 2.45) is 0 Å². The lowest BCUT2D eigenvalue weighted by Crippen LogP contribution is -2.27. The average molecular weight is 260 g/mol. The summed E-state index contributed by atoms with van der Waals surface area (Å²) in [5, 5.41) is 3.03. The molecule has 0 saturated carbocycles. The van der Waals surface area contributed by atoms with E-state index in [1.54, 1.807) is 18.6 Å². The highest BCUT2D eigenvalue weighted by Crippen LogP contribution is 2.04. The molecule has 6 nitrogen and oxygen atoms in total. The Hall–Kier alpha value is -2.21. The number of carbonyl (C=O) groups excluding carboxylic acids is 1. The second kappa shape index (κ2) is 6.65. The quantitative estimate of drug-likeness (QED) is 0.763. The first-order valence-electron chi connectivity index (χ1n) is 6.04. The standard InChI is InChI=1S/C13H16N4O2/c1-10(13-15-6-7-16-13)17-8-12(18)19-9-11-4-2-3-5-14-11/h2-7,10,17H,8-9H2,1H3,(H,15,16). The molecule has 2 heterocycles. The lowest BCUT2D eigenvalue weighted by atomic mass is 10.3. The molecule has 0 aliphatic rings. The van der Waals surface area contributed by atoms with Crippen molar-refractivity contribution < 1.29 is 9.53 Å². The Labute approximate surface area is 111 Å².